The summed E-state index contributed by atoms with van der Waals surface area (Å²) in [6.45, 7) is 4.70. The van der Waals surface area contributed by atoms with Gasteiger partial charge in [-0.2, -0.15) is 0 Å². The molecule has 0 radical (unpaired) electrons. The standard InChI is InChI=1S/C17H26N2O4/c1-12-7-14(22-3)6-5-13(12)9-18-16(21)19-10-15(23-4)8-17(19,2)11-20/h5-7,15,20H,8-11H2,1-4H3,(H,18,21). The van der Waals surface area contributed by atoms with E-state index in [1.54, 1.807) is 19.1 Å². The largest absolute Gasteiger partial charge is 0.497 e. The summed E-state index contributed by atoms with van der Waals surface area (Å²) in [5.41, 5.74) is 1.51. The maximum atomic E-state index is 12.5. The van der Waals surface area contributed by atoms with E-state index in [0.29, 0.717) is 19.5 Å². The van der Waals surface area contributed by atoms with Gasteiger partial charge in [0, 0.05) is 26.6 Å². The molecule has 6 nitrogen and oxygen atoms in total. The van der Waals surface area contributed by atoms with Gasteiger partial charge in [0.1, 0.15) is 5.75 Å². The molecule has 128 valence electrons. The number of rotatable bonds is 5. The number of benzene rings is 1. The molecule has 0 bridgehead atoms. The summed E-state index contributed by atoms with van der Waals surface area (Å²) >= 11 is 0. The maximum Gasteiger partial charge on any atom is 0.318 e. The highest BCUT2D eigenvalue weighted by molar-refractivity contribution is 5.75. The van der Waals surface area contributed by atoms with Gasteiger partial charge in [-0.1, -0.05) is 6.07 Å². The summed E-state index contributed by atoms with van der Waals surface area (Å²) in [5, 5.41) is 12.6. The molecule has 2 unspecified atom stereocenters. The molecule has 1 heterocycles. The average molecular weight is 322 g/mol. The summed E-state index contributed by atoms with van der Waals surface area (Å²) in [6.07, 6.45) is 0.593. The van der Waals surface area contributed by atoms with E-state index in [1.807, 2.05) is 32.0 Å². The number of nitrogens with one attached hydrogen (secondary N) is 1. The fourth-order valence-corrected chi connectivity index (χ4v) is 2.99. The van der Waals surface area contributed by atoms with Crippen molar-refractivity contribution in [2.45, 2.75) is 38.5 Å². The van der Waals surface area contributed by atoms with Crippen molar-refractivity contribution in [2.75, 3.05) is 27.4 Å². The second-order valence-electron chi connectivity index (χ2n) is 6.28. The van der Waals surface area contributed by atoms with Crippen molar-refractivity contribution < 1.29 is 19.4 Å². The van der Waals surface area contributed by atoms with Gasteiger partial charge in [-0.25, -0.2) is 4.79 Å². The number of ether oxygens (including phenoxy) is 2. The minimum absolute atomic E-state index is 0.0411. The van der Waals surface area contributed by atoms with Crippen molar-refractivity contribution in [3.05, 3.63) is 29.3 Å². The Bertz CT molecular complexity index is 564. The van der Waals surface area contributed by atoms with Crippen LogP contribution >= 0.6 is 0 Å². The average Bonchev–Trinajstić information content (AvgIpc) is 2.91. The van der Waals surface area contributed by atoms with E-state index in [0.717, 1.165) is 16.9 Å². The highest BCUT2D eigenvalue weighted by atomic mass is 16.5. The van der Waals surface area contributed by atoms with Gasteiger partial charge in [0.15, 0.2) is 0 Å². The van der Waals surface area contributed by atoms with Gasteiger partial charge in [0.05, 0.1) is 25.4 Å². The van der Waals surface area contributed by atoms with Crippen molar-refractivity contribution >= 4 is 6.03 Å². The molecule has 0 spiro atoms. The first-order valence-electron chi connectivity index (χ1n) is 7.76. The Morgan fingerprint density at radius 2 is 2.22 bits per heavy atom. The van der Waals surface area contributed by atoms with E-state index in [4.69, 9.17) is 9.47 Å². The molecule has 0 aliphatic carbocycles. The van der Waals surface area contributed by atoms with Crippen LogP contribution in [0.25, 0.3) is 0 Å². The van der Waals surface area contributed by atoms with Gasteiger partial charge >= 0.3 is 6.03 Å². The number of methoxy groups -OCH3 is 2. The van der Waals surface area contributed by atoms with Crippen LogP contribution in [-0.2, 0) is 11.3 Å². The van der Waals surface area contributed by atoms with Gasteiger partial charge in [0.2, 0.25) is 0 Å². The second-order valence-corrected chi connectivity index (χ2v) is 6.28. The van der Waals surface area contributed by atoms with Crippen LogP contribution in [0, 0.1) is 6.92 Å². The molecule has 0 saturated carbocycles. The van der Waals surface area contributed by atoms with Gasteiger partial charge in [-0.15, -0.1) is 0 Å². The molecular formula is C17H26N2O4. The van der Waals surface area contributed by atoms with E-state index < -0.39 is 5.54 Å². The van der Waals surface area contributed by atoms with Crippen molar-refractivity contribution in [1.82, 2.24) is 10.2 Å². The normalized spacial score (nSPS) is 23.9. The molecule has 1 aromatic rings. The number of aliphatic hydroxyl groups is 1. The fourth-order valence-electron chi connectivity index (χ4n) is 2.99. The quantitative estimate of drug-likeness (QED) is 0.865. The third-order valence-electron chi connectivity index (χ3n) is 4.60. The zero-order valence-corrected chi connectivity index (χ0v) is 14.3. The number of hydrogen-bond acceptors (Lipinski definition) is 4. The molecule has 1 fully saturated rings. The Morgan fingerprint density at radius 1 is 1.48 bits per heavy atom. The Kier molecular flexibility index (Phi) is 5.49. The zero-order valence-electron chi connectivity index (χ0n) is 14.3. The van der Waals surface area contributed by atoms with Gasteiger partial charge < -0.3 is 24.8 Å². The minimum atomic E-state index is -0.584. The Balaban J connectivity index is 2.01. The smallest absolute Gasteiger partial charge is 0.318 e. The number of aliphatic hydroxyl groups excluding tert-OH is 1. The van der Waals surface area contributed by atoms with E-state index in [1.165, 1.54) is 0 Å². The van der Waals surface area contributed by atoms with Crippen molar-refractivity contribution in [1.29, 1.82) is 0 Å². The van der Waals surface area contributed by atoms with Crippen LogP contribution in [-0.4, -0.2) is 55.1 Å². The second kappa shape index (κ2) is 7.19. The summed E-state index contributed by atoms with van der Waals surface area (Å²) in [6, 6.07) is 5.58. The number of likely N-dealkylation sites (tertiary alicyclic amines) is 1. The Labute approximate surface area is 137 Å². The molecule has 2 atom stereocenters. The SMILES string of the molecule is COc1ccc(CNC(=O)N2CC(OC)CC2(C)CO)c(C)c1. The molecule has 23 heavy (non-hydrogen) atoms. The van der Waals surface area contributed by atoms with Crippen LogP contribution in [0.4, 0.5) is 4.79 Å². The number of hydrogen-bond donors (Lipinski definition) is 2. The number of amides is 2. The molecule has 6 heteroatoms. The Morgan fingerprint density at radius 3 is 2.78 bits per heavy atom. The number of carbonyl (C=O) groups excluding carboxylic acids is 1. The van der Waals surface area contributed by atoms with Crippen molar-refractivity contribution in [2.24, 2.45) is 0 Å². The lowest BCUT2D eigenvalue weighted by molar-refractivity contribution is 0.0949. The van der Waals surface area contributed by atoms with Gasteiger partial charge in [0.25, 0.3) is 0 Å². The molecule has 0 aromatic heterocycles. The number of carbonyl (C=O) groups is 1. The fraction of sp³-hybridized carbons (Fsp3) is 0.588. The van der Waals surface area contributed by atoms with Crippen LogP contribution in [0.5, 0.6) is 5.75 Å². The van der Waals surface area contributed by atoms with Gasteiger partial charge in [-0.05, 0) is 37.1 Å². The van der Waals surface area contributed by atoms with Crippen LogP contribution in [0.3, 0.4) is 0 Å². The van der Waals surface area contributed by atoms with Gasteiger partial charge in [-0.3, -0.25) is 0 Å². The maximum absolute atomic E-state index is 12.5. The molecule has 2 amide bonds. The highest BCUT2D eigenvalue weighted by Crippen LogP contribution is 2.30. The predicted octanol–water partition coefficient (Wildman–Crippen LogP) is 1.68. The van der Waals surface area contributed by atoms with E-state index in [-0.39, 0.29) is 18.7 Å². The third-order valence-corrected chi connectivity index (χ3v) is 4.60. The third kappa shape index (κ3) is 3.76. The molecule has 2 N–H and O–H groups in total. The molecule has 1 aliphatic heterocycles. The summed E-state index contributed by atoms with van der Waals surface area (Å²) < 4.78 is 10.5. The highest BCUT2D eigenvalue weighted by Gasteiger charge is 2.44. The lowest BCUT2D eigenvalue weighted by Crippen LogP contribution is -2.51. The zero-order chi connectivity index (χ0) is 17.0. The first-order valence-corrected chi connectivity index (χ1v) is 7.76. The number of aryl methyl sites for hydroxylation is 1. The topological polar surface area (TPSA) is 71.0 Å². The van der Waals surface area contributed by atoms with E-state index in [2.05, 4.69) is 5.32 Å². The summed E-state index contributed by atoms with van der Waals surface area (Å²) in [5.74, 6) is 0.799. The lowest BCUT2D eigenvalue weighted by Gasteiger charge is -2.33. The van der Waals surface area contributed by atoms with Crippen LogP contribution < -0.4 is 10.1 Å². The number of nitrogens with zero attached hydrogens (tertiary/aromatic N) is 1. The van der Waals surface area contributed by atoms with E-state index >= 15 is 0 Å². The summed E-state index contributed by atoms with van der Waals surface area (Å²) in [4.78, 5) is 14.2. The first kappa shape index (κ1) is 17.6. The van der Waals surface area contributed by atoms with Crippen molar-refractivity contribution in [3.8, 4) is 5.75 Å². The minimum Gasteiger partial charge on any atom is -0.497 e. The monoisotopic (exact) mass is 322 g/mol. The Hall–Kier alpha value is -1.79. The van der Waals surface area contributed by atoms with Crippen LogP contribution in [0.2, 0.25) is 0 Å². The van der Waals surface area contributed by atoms with E-state index in [9.17, 15) is 9.90 Å². The predicted molar refractivity (Wildman–Crippen MR) is 87.6 cm³/mol. The van der Waals surface area contributed by atoms with Crippen LogP contribution in [0.1, 0.15) is 24.5 Å². The first-order chi connectivity index (χ1) is 10.9. The summed E-state index contributed by atoms with van der Waals surface area (Å²) in [7, 11) is 3.26. The lowest BCUT2D eigenvalue weighted by atomic mass is 10.00. The molecule has 1 aliphatic rings. The molecule has 1 aromatic carbocycles. The molecular weight excluding hydrogens is 296 g/mol. The molecule has 1 saturated heterocycles. The van der Waals surface area contributed by atoms with Crippen molar-refractivity contribution in [3.63, 3.8) is 0 Å². The van der Waals surface area contributed by atoms with Crippen LogP contribution in [0.15, 0.2) is 18.2 Å². The number of urea groups is 1. The molecule has 2 rings (SSSR count).